The number of aliphatic hydroxyl groups is 1. The molecule has 2 nitrogen and oxygen atoms in total. The number of hydrogen-bond donors (Lipinski definition) is 1. The highest BCUT2D eigenvalue weighted by atomic mass is 32.2. The molecule has 1 N–H and O–H groups in total. The van der Waals surface area contributed by atoms with Crippen LogP contribution in [-0.4, -0.2) is 41.1 Å². The molecule has 0 radical (unpaired) electrons. The molecule has 0 saturated carbocycles. The van der Waals surface area contributed by atoms with Gasteiger partial charge in [-0.1, -0.05) is 0 Å². The highest BCUT2D eigenvalue weighted by molar-refractivity contribution is 7.99. The number of halogens is 3. The first-order valence-corrected chi connectivity index (χ1v) is 6.55. The lowest BCUT2D eigenvalue weighted by atomic mass is 9.82. The van der Waals surface area contributed by atoms with Gasteiger partial charge in [0.2, 0.25) is 0 Å². The summed E-state index contributed by atoms with van der Waals surface area (Å²) in [4.78, 5) is 0. The molecule has 6 heteroatoms. The Kier molecular flexibility index (Phi) is 3.43. The summed E-state index contributed by atoms with van der Waals surface area (Å²) in [5.41, 5.74) is -0.403. The molecule has 2 aliphatic rings. The summed E-state index contributed by atoms with van der Waals surface area (Å²) >= 11 is 1.71. The number of rotatable bonds is 1. The van der Waals surface area contributed by atoms with Crippen molar-refractivity contribution in [1.29, 1.82) is 0 Å². The van der Waals surface area contributed by atoms with E-state index in [1.54, 1.807) is 11.8 Å². The van der Waals surface area contributed by atoms with Gasteiger partial charge in [-0.3, -0.25) is 0 Å². The lowest BCUT2D eigenvalue weighted by molar-refractivity contribution is -0.233. The molecule has 0 aromatic heterocycles. The van der Waals surface area contributed by atoms with Gasteiger partial charge in [0.15, 0.2) is 6.10 Å². The van der Waals surface area contributed by atoms with Gasteiger partial charge in [0.25, 0.3) is 0 Å². The second kappa shape index (κ2) is 4.38. The maximum atomic E-state index is 12.4. The molecule has 1 spiro atoms. The zero-order chi connectivity index (χ0) is 11.8. The Hall–Kier alpha value is 0.0600. The van der Waals surface area contributed by atoms with Crippen LogP contribution < -0.4 is 0 Å². The topological polar surface area (TPSA) is 29.5 Å². The summed E-state index contributed by atoms with van der Waals surface area (Å²) in [6.45, 7) is 0.332. The standard InChI is InChI=1S/C10H15F3O2S/c11-10(12,13)8(14)7-1-3-15-9(5-7)2-4-16-6-9/h7-8,14H,1-6H2. The number of hydrogen-bond acceptors (Lipinski definition) is 3. The van der Waals surface area contributed by atoms with Crippen molar-refractivity contribution in [3.05, 3.63) is 0 Å². The number of aliphatic hydroxyl groups excluding tert-OH is 1. The SMILES string of the molecule is OC(C1CCOC2(CCSC2)C1)C(F)(F)F. The summed E-state index contributed by atoms with van der Waals surface area (Å²) in [7, 11) is 0. The van der Waals surface area contributed by atoms with E-state index in [-0.39, 0.29) is 0 Å². The first-order valence-electron chi connectivity index (χ1n) is 5.39. The Balaban J connectivity index is 2.01. The van der Waals surface area contributed by atoms with Crippen molar-refractivity contribution in [3.63, 3.8) is 0 Å². The van der Waals surface area contributed by atoms with Crippen LogP contribution in [0.5, 0.6) is 0 Å². The van der Waals surface area contributed by atoms with Gasteiger partial charge in [0, 0.05) is 12.4 Å². The monoisotopic (exact) mass is 256 g/mol. The van der Waals surface area contributed by atoms with E-state index in [2.05, 4.69) is 0 Å². The van der Waals surface area contributed by atoms with Gasteiger partial charge in [-0.2, -0.15) is 24.9 Å². The van der Waals surface area contributed by atoms with Gasteiger partial charge in [0.05, 0.1) is 5.60 Å². The maximum Gasteiger partial charge on any atom is 0.414 e. The average Bonchev–Trinajstić information content (AvgIpc) is 2.64. The van der Waals surface area contributed by atoms with E-state index >= 15 is 0 Å². The quantitative estimate of drug-likeness (QED) is 0.780. The molecule has 16 heavy (non-hydrogen) atoms. The third-order valence-electron chi connectivity index (χ3n) is 3.38. The fraction of sp³-hybridized carbons (Fsp3) is 1.00. The van der Waals surface area contributed by atoms with E-state index in [4.69, 9.17) is 4.74 Å². The fourth-order valence-corrected chi connectivity index (χ4v) is 3.84. The van der Waals surface area contributed by atoms with Crippen molar-refractivity contribution in [2.75, 3.05) is 18.1 Å². The minimum atomic E-state index is -4.51. The predicted octanol–water partition coefficient (Wildman–Crippen LogP) is 2.21. The van der Waals surface area contributed by atoms with Crippen LogP contribution in [0.1, 0.15) is 19.3 Å². The van der Waals surface area contributed by atoms with Crippen molar-refractivity contribution in [3.8, 4) is 0 Å². The van der Waals surface area contributed by atoms with Crippen LogP contribution in [0.25, 0.3) is 0 Å². The first-order chi connectivity index (χ1) is 7.43. The van der Waals surface area contributed by atoms with E-state index in [1.807, 2.05) is 0 Å². The Bertz CT molecular complexity index is 251. The maximum absolute atomic E-state index is 12.4. The molecule has 2 aliphatic heterocycles. The molecule has 2 saturated heterocycles. The molecular weight excluding hydrogens is 241 g/mol. The van der Waals surface area contributed by atoms with E-state index in [0.29, 0.717) is 19.4 Å². The van der Waals surface area contributed by atoms with E-state index < -0.39 is 23.8 Å². The molecule has 2 rings (SSSR count). The minimum absolute atomic E-state index is 0.299. The van der Waals surface area contributed by atoms with Crippen LogP contribution in [0.4, 0.5) is 13.2 Å². The molecule has 94 valence electrons. The highest BCUT2D eigenvalue weighted by Gasteiger charge is 2.49. The predicted molar refractivity (Wildman–Crippen MR) is 55.4 cm³/mol. The average molecular weight is 256 g/mol. The second-order valence-corrected chi connectivity index (χ2v) is 5.68. The van der Waals surface area contributed by atoms with Crippen LogP contribution >= 0.6 is 11.8 Å². The molecule has 3 unspecified atom stereocenters. The van der Waals surface area contributed by atoms with Gasteiger partial charge < -0.3 is 9.84 Å². The Morgan fingerprint density at radius 1 is 1.44 bits per heavy atom. The summed E-state index contributed by atoms with van der Waals surface area (Å²) in [5.74, 6) is 0.996. The molecule has 0 aromatic carbocycles. The van der Waals surface area contributed by atoms with Crippen LogP contribution in [0.15, 0.2) is 0 Å². The normalized spacial score (nSPS) is 37.9. The second-order valence-electron chi connectivity index (χ2n) is 4.57. The third-order valence-corrected chi connectivity index (χ3v) is 4.60. The Labute approximate surface area is 96.5 Å². The van der Waals surface area contributed by atoms with Crippen molar-refractivity contribution in [2.45, 2.75) is 37.1 Å². The molecule has 0 aliphatic carbocycles. The molecule has 3 atom stereocenters. The summed E-state index contributed by atoms with van der Waals surface area (Å²) in [6.07, 6.45) is -5.26. The van der Waals surface area contributed by atoms with Gasteiger partial charge in [-0.25, -0.2) is 0 Å². The number of ether oxygens (including phenoxy) is 1. The van der Waals surface area contributed by atoms with Crippen molar-refractivity contribution in [1.82, 2.24) is 0 Å². The molecular formula is C10H15F3O2S. The lowest BCUT2D eigenvalue weighted by Crippen LogP contribution is -2.47. The van der Waals surface area contributed by atoms with Gasteiger partial charge in [0.1, 0.15) is 0 Å². The van der Waals surface area contributed by atoms with Crippen molar-refractivity contribution in [2.24, 2.45) is 5.92 Å². The fourth-order valence-electron chi connectivity index (χ4n) is 2.47. The van der Waals surface area contributed by atoms with E-state index in [9.17, 15) is 18.3 Å². The largest absolute Gasteiger partial charge is 0.414 e. The van der Waals surface area contributed by atoms with Gasteiger partial charge in [-0.15, -0.1) is 0 Å². The van der Waals surface area contributed by atoms with Crippen LogP contribution in [0, 0.1) is 5.92 Å². The molecule has 0 aromatic rings. The summed E-state index contributed by atoms with van der Waals surface area (Å²) in [6, 6.07) is 0. The van der Waals surface area contributed by atoms with Crippen molar-refractivity contribution >= 4 is 11.8 Å². The van der Waals surface area contributed by atoms with Crippen LogP contribution in [-0.2, 0) is 4.74 Å². The lowest BCUT2D eigenvalue weighted by Gasteiger charge is -2.39. The zero-order valence-corrected chi connectivity index (χ0v) is 9.61. The number of alkyl halides is 3. The minimum Gasteiger partial charge on any atom is -0.383 e. The van der Waals surface area contributed by atoms with E-state index in [0.717, 1.165) is 17.9 Å². The third kappa shape index (κ3) is 2.49. The first kappa shape index (κ1) is 12.5. The summed E-state index contributed by atoms with van der Waals surface area (Å²) < 4.78 is 42.9. The van der Waals surface area contributed by atoms with E-state index in [1.165, 1.54) is 0 Å². The van der Waals surface area contributed by atoms with Gasteiger partial charge >= 0.3 is 6.18 Å². The van der Waals surface area contributed by atoms with Crippen molar-refractivity contribution < 1.29 is 23.0 Å². The van der Waals surface area contributed by atoms with Crippen LogP contribution in [0.2, 0.25) is 0 Å². The zero-order valence-electron chi connectivity index (χ0n) is 8.79. The van der Waals surface area contributed by atoms with Crippen LogP contribution in [0.3, 0.4) is 0 Å². The molecule has 0 amide bonds. The Morgan fingerprint density at radius 3 is 2.75 bits per heavy atom. The smallest absolute Gasteiger partial charge is 0.383 e. The Morgan fingerprint density at radius 2 is 2.19 bits per heavy atom. The number of thioether (sulfide) groups is 1. The highest BCUT2D eigenvalue weighted by Crippen LogP contribution is 2.43. The van der Waals surface area contributed by atoms with Gasteiger partial charge in [-0.05, 0) is 30.9 Å². The molecule has 2 fully saturated rings. The molecule has 2 heterocycles. The summed E-state index contributed by atoms with van der Waals surface area (Å²) in [5, 5.41) is 9.27. The molecule has 0 bridgehead atoms.